The highest BCUT2D eigenvalue weighted by molar-refractivity contribution is 9.10. The first-order valence-corrected chi connectivity index (χ1v) is 7.45. The number of ether oxygens (including phenoxy) is 2. The molecule has 1 aliphatic rings. The molecule has 0 aliphatic carbocycles. The second kappa shape index (κ2) is 5.72. The number of rotatable bonds is 3. The largest absolute Gasteiger partial charge is 0.454 e. The van der Waals surface area contributed by atoms with Crippen LogP contribution in [0, 0.1) is 0 Å². The van der Waals surface area contributed by atoms with Crippen LogP contribution in [0.3, 0.4) is 0 Å². The van der Waals surface area contributed by atoms with Crippen LogP contribution in [0.4, 0.5) is 5.69 Å². The topological polar surface area (TPSA) is 30.5 Å². The van der Waals surface area contributed by atoms with Crippen LogP contribution >= 0.6 is 39.1 Å². The summed E-state index contributed by atoms with van der Waals surface area (Å²) < 4.78 is 11.5. The summed E-state index contributed by atoms with van der Waals surface area (Å²) in [5, 5.41) is 4.38. The first-order chi connectivity index (χ1) is 9.63. The van der Waals surface area contributed by atoms with Gasteiger partial charge in [-0.3, -0.25) is 0 Å². The summed E-state index contributed by atoms with van der Waals surface area (Å²) >= 11 is 15.7. The van der Waals surface area contributed by atoms with E-state index < -0.39 is 0 Å². The van der Waals surface area contributed by atoms with Gasteiger partial charge in [-0.2, -0.15) is 0 Å². The monoisotopic (exact) mass is 373 g/mol. The van der Waals surface area contributed by atoms with Gasteiger partial charge in [-0.25, -0.2) is 0 Å². The van der Waals surface area contributed by atoms with E-state index in [1.165, 1.54) is 0 Å². The van der Waals surface area contributed by atoms with E-state index in [9.17, 15) is 0 Å². The van der Waals surface area contributed by atoms with Crippen molar-refractivity contribution in [1.82, 2.24) is 0 Å². The van der Waals surface area contributed by atoms with Crippen molar-refractivity contribution in [2.45, 2.75) is 6.54 Å². The number of anilines is 1. The molecule has 2 aromatic rings. The summed E-state index contributed by atoms with van der Waals surface area (Å²) in [5.74, 6) is 1.53. The fourth-order valence-electron chi connectivity index (χ4n) is 1.95. The smallest absolute Gasteiger partial charge is 0.231 e. The molecule has 6 heteroatoms. The highest BCUT2D eigenvalue weighted by Crippen LogP contribution is 2.35. The molecule has 0 atom stereocenters. The summed E-state index contributed by atoms with van der Waals surface area (Å²) in [6, 6.07) is 9.41. The molecular formula is C14H10BrCl2NO2. The van der Waals surface area contributed by atoms with Crippen LogP contribution in [0.5, 0.6) is 11.5 Å². The molecule has 0 amide bonds. The SMILES string of the molecule is Clc1cc(Br)cc(Cl)c1NCc1ccc2c(c1)OCO2. The minimum Gasteiger partial charge on any atom is -0.454 e. The zero-order chi connectivity index (χ0) is 14.1. The van der Waals surface area contributed by atoms with E-state index in [1.807, 2.05) is 18.2 Å². The Hall–Kier alpha value is -1.10. The molecule has 0 bridgehead atoms. The standard InChI is InChI=1S/C14H10BrCl2NO2/c15-9-4-10(16)14(11(17)5-9)18-6-8-1-2-12-13(3-8)20-7-19-12/h1-5,18H,6-7H2. The first kappa shape index (κ1) is 13.9. The van der Waals surface area contributed by atoms with E-state index in [0.717, 1.165) is 21.5 Å². The van der Waals surface area contributed by atoms with Crippen molar-refractivity contribution in [3.05, 3.63) is 50.4 Å². The lowest BCUT2D eigenvalue weighted by molar-refractivity contribution is 0.174. The molecule has 2 aromatic carbocycles. The van der Waals surface area contributed by atoms with Crippen LogP contribution in [0.1, 0.15) is 5.56 Å². The van der Waals surface area contributed by atoms with Crippen molar-refractivity contribution in [2.75, 3.05) is 12.1 Å². The Bertz CT molecular complexity index is 641. The van der Waals surface area contributed by atoms with Crippen LogP contribution in [-0.4, -0.2) is 6.79 Å². The molecule has 0 saturated carbocycles. The lowest BCUT2D eigenvalue weighted by Crippen LogP contribution is -2.00. The summed E-state index contributed by atoms with van der Waals surface area (Å²) in [5.41, 5.74) is 1.78. The lowest BCUT2D eigenvalue weighted by atomic mass is 10.2. The van der Waals surface area contributed by atoms with Gasteiger partial charge in [0.05, 0.1) is 15.7 Å². The molecule has 104 valence electrons. The maximum absolute atomic E-state index is 6.17. The van der Waals surface area contributed by atoms with Gasteiger partial charge < -0.3 is 14.8 Å². The normalized spacial score (nSPS) is 12.6. The number of nitrogens with one attached hydrogen (secondary N) is 1. The molecule has 3 rings (SSSR count). The highest BCUT2D eigenvalue weighted by atomic mass is 79.9. The van der Waals surface area contributed by atoms with Crippen molar-refractivity contribution in [3.8, 4) is 11.5 Å². The molecule has 0 radical (unpaired) electrons. The second-order valence-electron chi connectivity index (χ2n) is 4.29. The average Bonchev–Trinajstić information content (AvgIpc) is 2.84. The van der Waals surface area contributed by atoms with Crippen molar-refractivity contribution < 1.29 is 9.47 Å². The Morgan fingerprint density at radius 3 is 2.50 bits per heavy atom. The third-order valence-corrected chi connectivity index (χ3v) is 3.97. The minimum absolute atomic E-state index is 0.274. The first-order valence-electron chi connectivity index (χ1n) is 5.90. The number of hydrogen-bond donors (Lipinski definition) is 1. The minimum atomic E-state index is 0.274. The van der Waals surface area contributed by atoms with Gasteiger partial charge in [0.2, 0.25) is 6.79 Å². The van der Waals surface area contributed by atoms with Crippen LogP contribution < -0.4 is 14.8 Å². The second-order valence-corrected chi connectivity index (χ2v) is 6.02. The number of halogens is 3. The third kappa shape index (κ3) is 2.82. The van der Waals surface area contributed by atoms with E-state index in [1.54, 1.807) is 12.1 Å². The van der Waals surface area contributed by atoms with E-state index in [-0.39, 0.29) is 6.79 Å². The van der Waals surface area contributed by atoms with Gasteiger partial charge in [0, 0.05) is 11.0 Å². The molecule has 1 heterocycles. The third-order valence-electron chi connectivity index (χ3n) is 2.91. The molecular weight excluding hydrogens is 365 g/mol. The van der Waals surface area contributed by atoms with Crippen LogP contribution in [0.2, 0.25) is 10.0 Å². The number of hydrogen-bond acceptors (Lipinski definition) is 3. The van der Waals surface area contributed by atoms with Crippen molar-refractivity contribution in [2.24, 2.45) is 0 Å². The summed E-state index contributed by atoms with van der Waals surface area (Å²) in [6.07, 6.45) is 0. The predicted octanol–water partition coefficient (Wildman–Crippen LogP) is 5.10. The Labute approximate surface area is 134 Å². The van der Waals surface area contributed by atoms with Gasteiger partial charge >= 0.3 is 0 Å². The van der Waals surface area contributed by atoms with Crippen molar-refractivity contribution in [1.29, 1.82) is 0 Å². The Morgan fingerprint density at radius 1 is 1.05 bits per heavy atom. The van der Waals surface area contributed by atoms with Gasteiger partial charge in [-0.15, -0.1) is 0 Å². The van der Waals surface area contributed by atoms with Gasteiger partial charge in [0.25, 0.3) is 0 Å². The van der Waals surface area contributed by atoms with Gasteiger partial charge in [0.1, 0.15) is 0 Å². The zero-order valence-corrected chi connectivity index (χ0v) is 13.3. The Morgan fingerprint density at radius 2 is 1.75 bits per heavy atom. The number of fused-ring (bicyclic) bond motifs is 1. The maximum Gasteiger partial charge on any atom is 0.231 e. The predicted molar refractivity (Wildman–Crippen MR) is 84.1 cm³/mol. The van der Waals surface area contributed by atoms with Crippen molar-refractivity contribution in [3.63, 3.8) is 0 Å². The molecule has 0 fully saturated rings. The van der Waals surface area contributed by atoms with Crippen LogP contribution in [-0.2, 0) is 6.54 Å². The van der Waals surface area contributed by atoms with E-state index in [2.05, 4.69) is 21.2 Å². The van der Waals surface area contributed by atoms with Gasteiger partial charge in [0.15, 0.2) is 11.5 Å². The molecule has 20 heavy (non-hydrogen) atoms. The van der Waals surface area contributed by atoms with Crippen LogP contribution in [0.15, 0.2) is 34.8 Å². The zero-order valence-electron chi connectivity index (χ0n) is 10.3. The van der Waals surface area contributed by atoms with Gasteiger partial charge in [-0.1, -0.05) is 45.2 Å². The molecule has 0 aromatic heterocycles. The summed E-state index contributed by atoms with van der Waals surface area (Å²) in [4.78, 5) is 0. The number of benzene rings is 2. The molecule has 1 N–H and O–H groups in total. The Kier molecular flexibility index (Phi) is 3.96. The fourth-order valence-corrected chi connectivity index (χ4v) is 3.29. The fraction of sp³-hybridized carbons (Fsp3) is 0.143. The average molecular weight is 375 g/mol. The molecule has 0 unspecified atom stereocenters. The van der Waals surface area contributed by atoms with Crippen LogP contribution in [0.25, 0.3) is 0 Å². The molecule has 3 nitrogen and oxygen atoms in total. The molecule has 0 saturated heterocycles. The van der Waals surface area contributed by atoms with Gasteiger partial charge in [-0.05, 0) is 29.8 Å². The van der Waals surface area contributed by atoms with E-state index in [0.29, 0.717) is 22.3 Å². The lowest BCUT2D eigenvalue weighted by Gasteiger charge is -2.11. The Balaban J connectivity index is 1.77. The van der Waals surface area contributed by atoms with E-state index in [4.69, 9.17) is 32.7 Å². The highest BCUT2D eigenvalue weighted by Gasteiger charge is 2.13. The van der Waals surface area contributed by atoms with Crippen molar-refractivity contribution >= 4 is 44.8 Å². The quantitative estimate of drug-likeness (QED) is 0.810. The summed E-state index contributed by atoms with van der Waals surface area (Å²) in [6.45, 7) is 0.869. The maximum atomic E-state index is 6.17. The molecule has 0 spiro atoms. The van der Waals surface area contributed by atoms with E-state index >= 15 is 0 Å². The summed E-state index contributed by atoms with van der Waals surface area (Å²) in [7, 11) is 0. The molecule has 1 aliphatic heterocycles.